The van der Waals surface area contributed by atoms with Gasteiger partial charge in [-0.3, -0.25) is 4.79 Å². The molecule has 2 aliphatic rings. The fourth-order valence-electron chi connectivity index (χ4n) is 4.96. The molecule has 180 valence electrons. The third-order valence-corrected chi connectivity index (χ3v) is 6.88. The van der Waals surface area contributed by atoms with Crippen molar-refractivity contribution in [2.24, 2.45) is 0 Å². The number of ether oxygens (including phenoxy) is 3. The van der Waals surface area contributed by atoms with Crippen molar-refractivity contribution in [3.8, 4) is 17.2 Å². The largest absolute Gasteiger partial charge is 0.497 e. The van der Waals surface area contributed by atoms with Crippen LogP contribution in [0.4, 0.5) is 0 Å². The Morgan fingerprint density at radius 2 is 1.76 bits per heavy atom. The Labute approximate surface area is 202 Å². The quantitative estimate of drug-likeness (QED) is 0.654. The number of amides is 1. The Kier molecular flexibility index (Phi) is 6.98. The highest BCUT2D eigenvalue weighted by Gasteiger charge is 2.28. The van der Waals surface area contributed by atoms with E-state index in [-0.39, 0.29) is 11.9 Å². The number of nitrogens with one attached hydrogen (secondary N) is 1. The first-order chi connectivity index (χ1) is 16.3. The summed E-state index contributed by atoms with van der Waals surface area (Å²) in [6.07, 6.45) is 3.47. The zero-order chi connectivity index (χ0) is 24.4. The van der Waals surface area contributed by atoms with Gasteiger partial charge in [0.15, 0.2) is 0 Å². The van der Waals surface area contributed by atoms with E-state index in [1.54, 1.807) is 21.3 Å². The van der Waals surface area contributed by atoms with Crippen LogP contribution in [-0.2, 0) is 4.79 Å². The lowest BCUT2D eigenvalue weighted by Gasteiger charge is -2.14. The van der Waals surface area contributed by atoms with Crippen LogP contribution in [0, 0.1) is 6.92 Å². The topological polar surface area (TPSA) is 60.0 Å². The molecule has 0 aromatic heterocycles. The number of hydrogen-bond acceptors (Lipinski definition) is 5. The Balaban J connectivity index is 1.72. The first-order valence-corrected chi connectivity index (χ1v) is 11.7. The van der Waals surface area contributed by atoms with Gasteiger partial charge in [0, 0.05) is 18.2 Å². The predicted octanol–water partition coefficient (Wildman–Crippen LogP) is 4.56. The SMILES string of the molecule is COc1ccc2c(c1)C(CC(=O)NC1CCN(C)C1)=C(C)/C2=C/c1cc(OC)c(C)c(OC)c1. The number of carbonyl (C=O) groups excluding carboxylic acids is 1. The highest BCUT2D eigenvalue weighted by atomic mass is 16.5. The summed E-state index contributed by atoms with van der Waals surface area (Å²) >= 11 is 0. The van der Waals surface area contributed by atoms with Crippen LogP contribution in [0.15, 0.2) is 35.9 Å². The van der Waals surface area contributed by atoms with E-state index in [4.69, 9.17) is 14.2 Å². The van der Waals surface area contributed by atoms with Crippen LogP contribution in [-0.4, -0.2) is 58.3 Å². The lowest BCUT2D eigenvalue weighted by atomic mass is 9.99. The molecule has 0 bridgehead atoms. The van der Waals surface area contributed by atoms with Crippen LogP contribution in [0.2, 0.25) is 0 Å². The smallest absolute Gasteiger partial charge is 0.224 e. The van der Waals surface area contributed by atoms with E-state index >= 15 is 0 Å². The van der Waals surface area contributed by atoms with Gasteiger partial charge in [0.1, 0.15) is 17.2 Å². The Morgan fingerprint density at radius 3 is 2.35 bits per heavy atom. The molecule has 1 heterocycles. The average molecular weight is 463 g/mol. The molecule has 1 N–H and O–H groups in total. The Bertz CT molecular complexity index is 1140. The van der Waals surface area contributed by atoms with E-state index in [0.29, 0.717) is 6.42 Å². The third kappa shape index (κ3) is 4.68. The molecule has 0 spiro atoms. The molecular formula is C28H34N2O4. The molecule has 6 nitrogen and oxygen atoms in total. The molecule has 4 rings (SSSR count). The van der Waals surface area contributed by atoms with Crippen molar-refractivity contribution >= 4 is 23.1 Å². The molecule has 1 aliphatic carbocycles. The van der Waals surface area contributed by atoms with E-state index < -0.39 is 0 Å². The maximum Gasteiger partial charge on any atom is 0.224 e. The average Bonchev–Trinajstić information content (AvgIpc) is 3.35. The van der Waals surface area contributed by atoms with Crippen LogP contribution in [0.5, 0.6) is 17.2 Å². The maximum atomic E-state index is 13.0. The number of carbonyl (C=O) groups is 1. The van der Waals surface area contributed by atoms with Crippen molar-refractivity contribution in [3.63, 3.8) is 0 Å². The van der Waals surface area contributed by atoms with Gasteiger partial charge in [-0.1, -0.05) is 6.07 Å². The molecule has 1 saturated heterocycles. The summed E-state index contributed by atoms with van der Waals surface area (Å²) in [5.74, 6) is 2.40. The van der Waals surface area contributed by atoms with Crippen molar-refractivity contribution in [3.05, 3.63) is 58.2 Å². The zero-order valence-electron chi connectivity index (χ0n) is 21.0. The van der Waals surface area contributed by atoms with Gasteiger partial charge in [-0.05, 0) is 97.6 Å². The minimum Gasteiger partial charge on any atom is -0.497 e. The van der Waals surface area contributed by atoms with Gasteiger partial charge in [0.05, 0.1) is 27.8 Å². The molecule has 1 fully saturated rings. The molecular weight excluding hydrogens is 428 g/mol. The van der Waals surface area contributed by atoms with Gasteiger partial charge in [0.2, 0.25) is 5.91 Å². The zero-order valence-corrected chi connectivity index (χ0v) is 21.0. The number of hydrogen-bond donors (Lipinski definition) is 1. The number of likely N-dealkylation sites (N-methyl/N-ethyl adjacent to an activating group) is 1. The molecule has 0 radical (unpaired) electrons. The number of benzene rings is 2. The number of rotatable bonds is 7. The monoisotopic (exact) mass is 462 g/mol. The minimum absolute atomic E-state index is 0.0587. The standard InChI is InChI=1S/C28H34N2O4/c1-17-23(11-19-12-26(33-5)18(2)27(13-19)34-6)22-8-7-21(32-4)14-25(22)24(17)15-28(31)29-20-9-10-30(3)16-20/h7-8,11-14,20H,9-10,15-16H2,1-6H3,(H,29,31)/b23-11-. The van der Waals surface area contributed by atoms with Gasteiger partial charge in [-0.15, -0.1) is 0 Å². The second-order valence-corrected chi connectivity index (χ2v) is 9.12. The summed E-state index contributed by atoms with van der Waals surface area (Å²) in [7, 11) is 7.09. The summed E-state index contributed by atoms with van der Waals surface area (Å²) in [5, 5.41) is 3.22. The molecule has 6 heteroatoms. The van der Waals surface area contributed by atoms with E-state index in [9.17, 15) is 4.79 Å². The predicted molar refractivity (Wildman–Crippen MR) is 136 cm³/mol. The van der Waals surface area contributed by atoms with Crippen molar-refractivity contribution in [2.75, 3.05) is 41.5 Å². The third-order valence-electron chi connectivity index (χ3n) is 6.88. The fourth-order valence-corrected chi connectivity index (χ4v) is 4.96. The number of methoxy groups -OCH3 is 3. The molecule has 2 aromatic rings. The van der Waals surface area contributed by atoms with Gasteiger partial charge in [-0.2, -0.15) is 0 Å². The molecule has 1 atom stereocenters. The first-order valence-electron chi connectivity index (χ1n) is 11.7. The van der Waals surface area contributed by atoms with Crippen molar-refractivity contribution in [1.29, 1.82) is 0 Å². The number of fused-ring (bicyclic) bond motifs is 1. The normalized spacial score (nSPS) is 18.9. The highest BCUT2D eigenvalue weighted by Crippen LogP contribution is 2.45. The van der Waals surface area contributed by atoms with E-state index in [1.165, 1.54) is 0 Å². The van der Waals surface area contributed by atoms with Gasteiger partial charge < -0.3 is 24.4 Å². The fraction of sp³-hybridized carbons (Fsp3) is 0.393. The van der Waals surface area contributed by atoms with Crippen molar-refractivity contribution in [1.82, 2.24) is 10.2 Å². The number of likely N-dealkylation sites (tertiary alicyclic amines) is 1. The van der Waals surface area contributed by atoms with Crippen LogP contribution in [0.3, 0.4) is 0 Å². The molecule has 2 aromatic carbocycles. The summed E-state index contributed by atoms with van der Waals surface area (Å²) in [6.45, 7) is 5.99. The van der Waals surface area contributed by atoms with Crippen LogP contribution >= 0.6 is 0 Å². The van der Waals surface area contributed by atoms with Crippen molar-refractivity contribution < 1.29 is 19.0 Å². The molecule has 1 aliphatic heterocycles. The van der Waals surface area contributed by atoms with Crippen LogP contribution in [0.25, 0.3) is 17.2 Å². The Morgan fingerprint density at radius 1 is 1.06 bits per heavy atom. The lowest BCUT2D eigenvalue weighted by molar-refractivity contribution is -0.120. The second-order valence-electron chi connectivity index (χ2n) is 9.12. The van der Waals surface area contributed by atoms with Crippen LogP contribution in [0.1, 0.15) is 42.0 Å². The lowest BCUT2D eigenvalue weighted by Crippen LogP contribution is -2.36. The second kappa shape index (κ2) is 9.94. The minimum atomic E-state index is 0.0587. The van der Waals surface area contributed by atoms with E-state index in [1.807, 2.05) is 31.2 Å². The Hall–Kier alpha value is -3.25. The summed E-state index contributed by atoms with van der Waals surface area (Å²) in [5.41, 5.74) is 7.32. The van der Waals surface area contributed by atoms with Gasteiger partial charge in [0.25, 0.3) is 0 Å². The van der Waals surface area contributed by atoms with Gasteiger partial charge in [-0.25, -0.2) is 0 Å². The summed E-state index contributed by atoms with van der Waals surface area (Å²) in [6, 6.07) is 10.3. The first kappa shape index (κ1) is 23.9. The summed E-state index contributed by atoms with van der Waals surface area (Å²) < 4.78 is 16.6. The molecule has 0 saturated carbocycles. The van der Waals surface area contributed by atoms with Crippen LogP contribution < -0.4 is 19.5 Å². The maximum absolute atomic E-state index is 13.0. The van der Waals surface area contributed by atoms with Gasteiger partial charge >= 0.3 is 0 Å². The van der Waals surface area contributed by atoms with E-state index in [0.717, 1.165) is 75.7 Å². The molecule has 34 heavy (non-hydrogen) atoms. The summed E-state index contributed by atoms with van der Waals surface area (Å²) in [4.78, 5) is 15.2. The highest BCUT2D eigenvalue weighted by molar-refractivity contribution is 6.08. The molecule has 1 unspecified atom stereocenters. The molecule has 1 amide bonds. The van der Waals surface area contributed by atoms with Crippen molar-refractivity contribution in [2.45, 2.75) is 32.7 Å². The number of nitrogens with zero attached hydrogens (tertiary/aromatic N) is 1. The number of allylic oxidation sites excluding steroid dienone is 2. The van der Waals surface area contributed by atoms with E-state index in [2.05, 4.69) is 36.3 Å².